The maximum absolute atomic E-state index is 11.6. The van der Waals surface area contributed by atoms with E-state index >= 15 is 0 Å². The molecule has 0 aromatic heterocycles. The van der Waals surface area contributed by atoms with E-state index in [4.69, 9.17) is 9.39 Å². The van der Waals surface area contributed by atoms with Gasteiger partial charge in [0.05, 0.1) is 11.2 Å². The molecule has 0 rings (SSSR count). The maximum atomic E-state index is 11.6. The van der Waals surface area contributed by atoms with Crippen LogP contribution in [-0.2, 0) is 9.39 Å². The minimum Gasteiger partial charge on any atom is -0.444 e. The van der Waals surface area contributed by atoms with E-state index < -0.39 is 22.9 Å². The second kappa shape index (κ2) is 8.20. The van der Waals surface area contributed by atoms with Crippen molar-refractivity contribution < 1.29 is 19.3 Å². The van der Waals surface area contributed by atoms with E-state index in [1.165, 1.54) is 0 Å². The number of ether oxygens (including phenoxy) is 1. The van der Waals surface area contributed by atoms with Gasteiger partial charge in [-0.2, -0.15) is 0 Å². The summed E-state index contributed by atoms with van der Waals surface area (Å²) in [6.07, 6.45) is 1.33. The fourth-order valence-corrected chi connectivity index (χ4v) is 1.92. The predicted octanol–water partition coefficient (Wildman–Crippen LogP) is 3.23. The first-order chi connectivity index (χ1) is 10.2. The molecule has 0 aliphatic rings. The van der Waals surface area contributed by atoms with Crippen molar-refractivity contribution in [2.45, 2.75) is 85.2 Å². The number of aliphatic hydroxyl groups is 1. The molecule has 0 aromatic rings. The molecule has 0 fully saturated rings. The van der Waals surface area contributed by atoms with Gasteiger partial charge in [-0.05, 0) is 54.4 Å². The van der Waals surface area contributed by atoms with Crippen LogP contribution < -0.4 is 5.32 Å². The Labute approximate surface area is 142 Å². The van der Waals surface area contributed by atoms with E-state index in [0.29, 0.717) is 0 Å². The molecule has 133 valence electrons. The Balaban J connectivity index is 4.46. The summed E-state index contributed by atoms with van der Waals surface area (Å²) in [4.78, 5) is 11.6. The highest BCUT2D eigenvalue weighted by Gasteiger charge is 2.42. The molecule has 0 saturated carbocycles. The van der Waals surface area contributed by atoms with E-state index in [1.807, 2.05) is 48.5 Å². The number of carbonyl (C=O) groups is 1. The molecule has 23 heavy (non-hydrogen) atoms. The van der Waals surface area contributed by atoms with Gasteiger partial charge in [-0.15, -0.1) is 0 Å². The lowest BCUT2D eigenvalue weighted by molar-refractivity contribution is -0.126. The van der Waals surface area contributed by atoms with Crippen LogP contribution in [-0.4, -0.2) is 41.5 Å². The zero-order chi connectivity index (χ0) is 18.5. The summed E-state index contributed by atoms with van der Waals surface area (Å²) in [7, 11) is 1.55. The van der Waals surface area contributed by atoms with Crippen molar-refractivity contribution in [3.63, 3.8) is 0 Å². The third kappa shape index (κ3) is 7.89. The second-order valence-electron chi connectivity index (χ2n) is 7.89. The number of nitrogens with one attached hydrogen (secondary N) is 1. The molecular formula is C17H33BNO4. The highest BCUT2D eigenvalue weighted by atomic mass is 16.6. The zero-order valence-electron chi connectivity index (χ0n) is 16.1. The number of rotatable bonds is 7. The number of carbonyl (C=O) groups excluding carboxylic acids is 1. The molecule has 0 heterocycles. The minimum atomic E-state index is -0.980. The Hall–Kier alpha value is -1.01. The van der Waals surface area contributed by atoms with Gasteiger partial charge in [-0.1, -0.05) is 25.9 Å². The van der Waals surface area contributed by atoms with Crippen molar-refractivity contribution in [1.29, 1.82) is 0 Å². The summed E-state index contributed by atoms with van der Waals surface area (Å²) in [5, 5.41) is 13.0. The molecule has 0 aliphatic carbocycles. The standard InChI is InChI=1S/C17H33BNO4/c1-12(2)17(9,16(7,8)21)23-18-11-10-13(3)19-14(20)22-15(4,5)6/h10-13,21H,1-9H3,(H,19,20)/b11-10+/t13-,17?/m1/s1. The van der Waals surface area contributed by atoms with Crippen LogP contribution in [0.25, 0.3) is 0 Å². The first-order valence-electron chi connectivity index (χ1n) is 8.09. The van der Waals surface area contributed by atoms with Crippen molar-refractivity contribution >= 4 is 13.6 Å². The Kier molecular flexibility index (Phi) is 7.84. The third-order valence-corrected chi connectivity index (χ3v) is 3.85. The smallest absolute Gasteiger partial charge is 0.408 e. The lowest BCUT2D eigenvalue weighted by Crippen LogP contribution is -2.54. The molecule has 1 unspecified atom stereocenters. The van der Waals surface area contributed by atoms with Crippen LogP contribution in [0.4, 0.5) is 4.79 Å². The summed E-state index contributed by atoms with van der Waals surface area (Å²) < 4.78 is 11.0. The summed E-state index contributed by atoms with van der Waals surface area (Å²) in [5.74, 6) is 1.85. The first-order valence-corrected chi connectivity index (χ1v) is 8.09. The van der Waals surface area contributed by atoms with Gasteiger partial charge >= 0.3 is 13.6 Å². The van der Waals surface area contributed by atoms with Gasteiger partial charge in [-0.3, -0.25) is 0 Å². The molecule has 6 heteroatoms. The van der Waals surface area contributed by atoms with Crippen LogP contribution in [0.3, 0.4) is 0 Å². The molecule has 1 radical (unpaired) electrons. The van der Waals surface area contributed by atoms with E-state index in [9.17, 15) is 9.90 Å². The van der Waals surface area contributed by atoms with Crippen molar-refractivity contribution in [3.05, 3.63) is 12.1 Å². The van der Waals surface area contributed by atoms with Crippen LogP contribution in [0.15, 0.2) is 12.1 Å². The van der Waals surface area contributed by atoms with Crippen molar-refractivity contribution in [2.75, 3.05) is 0 Å². The molecule has 2 N–H and O–H groups in total. The second-order valence-corrected chi connectivity index (χ2v) is 7.89. The SMILES string of the molecule is CC(C)C(C)(O[B]/C=C/[C@@H](C)NC(=O)OC(C)(C)C)C(C)(C)O. The van der Waals surface area contributed by atoms with E-state index in [-0.39, 0.29) is 12.0 Å². The molecule has 0 aromatic carbocycles. The number of alkyl carbamates (subject to hydrolysis) is 1. The highest BCUT2D eigenvalue weighted by molar-refractivity contribution is 6.34. The maximum Gasteiger partial charge on any atom is 0.408 e. The van der Waals surface area contributed by atoms with Crippen molar-refractivity contribution in [1.82, 2.24) is 5.32 Å². The summed E-state index contributed by atoms with van der Waals surface area (Å²) in [6.45, 7) is 16.6. The van der Waals surface area contributed by atoms with Gasteiger partial charge in [-0.25, -0.2) is 4.79 Å². The van der Waals surface area contributed by atoms with Gasteiger partial charge in [0.15, 0.2) is 0 Å². The van der Waals surface area contributed by atoms with Gasteiger partial charge < -0.3 is 19.8 Å². The van der Waals surface area contributed by atoms with Crippen LogP contribution in [0.5, 0.6) is 0 Å². The third-order valence-electron chi connectivity index (χ3n) is 3.85. The topological polar surface area (TPSA) is 67.8 Å². The average molecular weight is 326 g/mol. The number of amides is 1. The summed E-state index contributed by atoms with van der Waals surface area (Å²) >= 11 is 0. The quantitative estimate of drug-likeness (QED) is 0.705. The zero-order valence-corrected chi connectivity index (χ0v) is 16.1. The monoisotopic (exact) mass is 326 g/mol. The van der Waals surface area contributed by atoms with E-state index in [2.05, 4.69) is 5.32 Å². The molecular weight excluding hydrogens is 293 g/mol. The van der Waals surface area contributed by atoms with E-state index in [1.54, 1.807) is 33.4 Å². The fourth-order valence-electron chi connectivity index (χ4n) is 1.92. The van der Waals surface area contributed by atoms with Crippen LogP contribution in [0, 0.1) is 5.92 Å². The molecule has 1 amide bonds. The van der Waals surface area contributed by atoms with Crippen molar-refractivity contribution in [3.8, 4) is 0 Å². The molecule has 0 spiro atoms. The fraction of sp³-hybridized carbons (Fsp3) is 0.824. The lowest BCUT2D eigenvalue weighted by atomic mass is 9.77. The van der Waals surface area contributed by atoms with Crippen LogP contribution in [0.2, 0.25) is 0 Å². The number of hydrogen-bond donors (Lipinski definition) is 2. The Morgan fingerprint density at radius 2 is 1.65 bits per heavy atom. The van der Waals surface area contributed by atoms with Gasteiger partial charge in [0.1, 0.15) is 5.60 Å². The Morgan fingerprint density at radius 1 is 1.13 bits per heavy atom. The van der Waals surface area contributed by atoms with Crippen LogP contribution in [0.1, 0.15) is 62.3 Å². The molecule has 2 atom stereocenters. The van der Waals surface area contributed by atoms with Gasteiger partial charge in [0.2, 0.25) is 0 Å². The molecule has 5 nitrogen and oxygen atoms in total. The predicted molar refractivity (Wildman–Crippen MR) is 94.4 cm³/mol. The number of hydrogen-bond acceptors (Lipinski definition) is 4. The average Bonchev–Trinajstić information content (AvgIpc) is 2.29. The Morgan fingerprint density at radius 3 is 2.04 bits per heavy atom. The molecule has 0 bridgehead atoms. The summed E-state index contributed by atoms with van der Waals surface area (Å²) in [6, 6.07) is -0.197. The van der Waals surface area contributed by atoms with E-state index in [0.717, 1.165) is 0 Å². The van der Waals surface area contributed by atoms with Gasteiger partial charge in [0, 0.05) is 6.04 Å². The van der Waals surface area contributed by atoms with Crippen LogP contribution >= 0.6 is 0 Å². The molecule has 0 aliphatic heterocycles. The minimum absolute atomic E-state index is 0.129. The highest BCUT2D eigenvalue weighted by Crippen LogP contribution is 2.32. The van der Waals surface area contributed by atoms with Gasteiger partial charge in [0.25, 0.3) is 0 Å². The largest absolute Gasteiger partial charge is 0.444 e. The first kappa shape index (κ1) is 22.0. The lowest BCUT2D eigenvalue weighted by Gasteiger charge is -2.44. The van der Waals surface area contributed by atoms with Crippen molar-refractivity contribution in [2.24, 2.45) is 5.92 Å². The Bertz CT molecular complexity index is 410. The summed E-state index contributed by atoms with van der Waals surface area (Å²) in [5.41, 5.74) is -2.21. The normalized spacial score (nSPS) is 17.0. The molecule has 0 saturated heterocycles.